The first kappa shape index (κ1) is 32.4. The summed E-state index contributed by atoms with van der Waals surface area (Å²) in [6.45, 7) is 31.3. The van der Waals surface area contributed by atoms with E-state index in [-0.39, 0.29) is 0 Å². The molecule has 2 aliphatic carbocycles. The van der Waals surface area contributed by atoms with Crippen LogP contribution in [0.15, 0.2) is 24.5 Å². The summed E-state index contributed by atoms with van der Waals surface area (Å²) in [5, 5.41) is 0. The molecule has 2 aliphatic rings. The number of hydrogen-bond acceptors (Lipinski definition) is 2. The smallest absolute Gasteiger partial charge is 0.241 e. The highest BCUT2D eigenvalue weighted by molar-refractivity contribution is 6.76. The van der Waals surface area contributed by atoms with Gasteiger partial charge in [0, 0.05) is 27.3 Å². The summed E-state index contributed by atoms with van der Waals surface area (Å²) in [6.07, 6.45) is 11.9. The van der Waals surface area contributed by atoms with Gasteiger partial charge < -0.3 is 4.43 Å². The Morgan fingerprint density at radius 2 is 1.33 bits per heavy atom. The largest absolute Gasteiger partial charge is 0.548 e. The average molecular weight is 495 g/mol. The lowest BCUT2D eigenvalue weighted by atomic mass is 9.72. The van der Waals surface area contributed by atoms with Crippen LogP contribution in [0, 0.1) is 22.7 Å². The predicted octanol–water partition coefficient (Wildman–Crippen LogP) is 9.87. The highest BCUT2D eigenvalue weighted by Gasteiger charge is 2.29. The normalized spacial score (nSPS) is 20.5. The van der Waals surface area contributed by atoms with Crippen LogP contribution in [-0.2, 0) is 9.22 Å². The number of carbonyl (C=O) groups is 1. The second-order valence-electron chi connectivity index (χ2n) is 14.5. The third-order valence-corrected chi connectivity index (χ3v) is 8.94. The lowest BCUT2D eigenvalue weighted by molar-refractivity contribution is -0.121. The molecule has 1 atom stereocenters. The minimum atomic E-state index is -1.38. The molecule has 2 nitrogen and oxygen atoms in total. The van der Waals surface area contributed by atoms with Crippen molar-refractivity contribution in [2.45, 2.75) is 132 Å². The molecule has 0 spiro atoms. The lowest BCUT2D eigenvalue weighted by Gasteiger charge is -2.34. The van der Waals surface area contributed by atoms with Crippen molar-refractivity contribution in [3.63, 3.8) is 0 Å². The molecule has 0 amide bonds. The van der Waals surface area contributed by atoms with Gasteiger partial charge in [-0.25, -0.2) is 0 Å². The molecule has 0 heterocycles. The molecule has 0 aromatic carbocycles. The molecular weight excluding hydrogens is 436 g/mol. The summed E-state index contributed by atoms with van der Waals surface area (Å²) >= 11 is 0. The topological polar surface area (TPSA) is 26.3 Å². The highest BCUT2D eigenvalue weighted by Crippen LogP contribution is 2.38. The maximum atomic E-state index is 10.9. The maximum Gasteiger partial charge on any atom is 0.241 e. The molecular formula is C29H58O2Si2. The highest BCUT2D eigenvalue weighted by atomic mass is 28.4. The zero-order chi connectivity index (χ0) is 26.1. The maximum absolute atomic E-state index is 10.9. The van der Waals surface area contributed by atoms with Crippen LogP contribution in [0.3, 0.4) is 0 Å². The fraction of sp³-hybridized carbons (Fsp3) is 0.828. The monoisotopic (exact) mass is 494 g/mol. The van der Waals surface area contributed by atoms with Crippen LogP contribution in [0.4, 0.5) is 0 Å². The van der Waals surface area contributed by atoms with Crippen molar-refractivity contribution in [1.82, 2.24) is 0 Å². The van der Waals surface area contributed by atoms with E-state index in [2.05, 4.69) is 93.5 Å². The fourth-order valence-electron chi connectivity index (χ4n) is 4.32. The Morgan fingerprint density at radius 1 is 0.879 bits per heavy atom. The van der Waals surface area contributed by atoms with Crippen LogP contribution >= 0.6 is 0 Å². The van der Waals surface area contributed by atoms with E-state index in [0.717, 1.165) is 43.9 Å². The van der Waals surface area contributed by atoms with Crippen molar-refractivity contribution < 1.29 is 9.22 Å². The zero-order valence-corrected chi connectivity index (χ0v) is 26.5. The minimum Gasteiger partial charge on any atom is -0.548 e. The van der Waals surface area contributed by atoms with Gasteiger partial charge in [-0.05, 0) is 80.1 Å². The molecule has 0 aromatic heterocycles. The SMILES string of the molecule is C=CC[Si](C)(C)C.CC(C)(C)C1CC=C(O[Si](C)(C)C)CC1.CC(C)(C)C1CCC(=O)CC1. The molecule has 0 radical (unpaired) electrons. The summed E-state index contributed by atoms with van der Waals surface area (Å²) in [7, 11) is -2.16. The minimum absolute atomic E-state index is 0.403. The molecule has 0 saturated heterocycles. The van der Waals surface area contributed by atoms with Crippen LogP contribution in [-0.4, -0.2) is 22.2 Å². The van der Waals surface area contributed by atoms with E-state index in [0.29, 0.717) is 16.6 Å². The Labute approximate surface area is 210 Å². The lowest BCUT2D eigenvalue weighted by Crippen LogP contribution is -2.28. The third kappa shape index (κ3) is 16.6. The van der Waals surface area contributed by atoms with Crippen molar-refractivity contribution in [2.75, 3.05) is 0 Å². The van der Waals surface area contributed by atoms with Gasteiger partial charge in [0.15, 0.2) is 0 Å². The van der Waals surface area contributed by atoms with Gasteiger partial charge in [-0.15, -0.1) is 6.58 Å². The van der Waals surface area contributed by atoms with E-state index in [1.54, 1.807) is 0 Å². The van der Waals surface area contributed by atoms with E-state index in [1.165, 1.54) is 24.6 Å². The summed E-state index contributed by atoms with van der Waals surface area (Å²) in [5.41, 5.74) is 0.849. The Balaban J connectivity index is 0.000000501. The number of allylic oxidation sites excluding steroid dienone is 3. The van der Waals surface area contributed by atoms with Crippen LogP contribution < -0.4 is 0 Å². The van der Waals surface area contributed by atoms with Gasteiger partial charge in [0.1, 0.15) is 5.78 Å². The molecule has 194 valence electrons. The number of hydrogen-bond donors (Lipinski definition) is 0. The first-order valence-corrected chi connectivity index (χ1v) is 20.4. The van der Waals surface area contributed by atoms with E-state index >= 15 is 0 Å². The van der Waals surface area contributed by atoms with Crippen molar-refractivity contribution >= 4 is 22.2 Å². The number of carbonyl (C=O) groups excluding carboxylic acids is 1. The fourth-order valence-corrected chi connectivity index (χ4v) is 6.16. The van der Waals surface area contributed by atoms with Gasteiger partial charge in [0.05, 0.1) is 5.76 Å². The van der Waals surface area contributed by atoms with E-state index in [1.807, 2.05) is 6.08 Å². The van der Waals surface area contributed by atoms with Gasteiger partial charge in [0.2, 0.25) is 8.32 Å². The molecule has 0 N–H and O–H groups in total. The summed E-state index contributed by atoms with van der Waals surface area (Å²) in [4.78, 5) is 10.9. The van der Waals surface area contributed by atoms with Gasteiger partial charge in [-0.2, -0.15) is 0 Å². The molecule has 0 aliphatic heterocycles. The summed E-state index contributed by atoms with van der Waals surface area (Å²) in [6, 6.07) is 1.24. The molecule has 1 unspecified atom stereocenters. The van der Waals surface area contributed by atoms with E-state index in [9.17, 15) is 4.79 Å². The summed E-state index contributed by atoms with van der Waals surface area (Å²) < 4.78 is 6.04. The first-order valence-electron chi connectivity index (χ1n) is 13.3. The van der Waals surface area contributed by atoms with Crippen LogP contribution in [0.5, 0.6) is 0 Å². The van der Waals surface area contributed by atoms with Crippen LogP contribution in [0.1, 0.15) is 86.5 Å². The van der Waals surface area contributed by atoms with Gasteiger partial charge >= 0.3 is 0 Å². The van der Waals surface area contributed by atoms with E-state index < -0.39 is 16.4 Å². The standard InChI is InChI=1S/C13H26OSi.C10H18O.C6H14Si/c1-13(2,3)11-7-9-12(10-8-11)14-15(4,5)6;1-10(2,3)8-4-6-9(11)7-5-8;1-5-6-7(2,3)4/h9,11H,7-8,10H2,1-6H3;8H,4-7H2,1-3H3;5H,1,6H2,2-4H3. The van der Waals surface area contributed by atoms with Crippen LogP contribution in [0.2, 0.25) is 45.3 Å². The second kappa shape index (κ2) is 13.5. The quantitative estimate of drug-likeness (QED) is 0.287. The van der Waals surface area contributed by atoms with Gasteiger partial charge in [0.25, 0.3) is 0 Å². The van der Waals surface area contributed by atoms with Crippen molar-refractivity contribution in [3.05, 3.63) is 24.5 Å². The summed E-state index contributed by atoms with van der Waals surface area (Å²) in [5.74, 6) is 3.31. The molecule has 0 aromatic rings. The van der Waals surface area contributed by atoms with Gasteiger partial charge in [-0.1, -0.05) is 67.3 Å². The second-order valence-corrected chi connectivity index (χ2v) is 24.4. The zero-order valence-electron chi connectivity index (χ0n) is 24.5. The van der Waals surface area contributed by atoms with Crippen molar-refractivity contribution in [3.8, 4) is 0 Å². The van der Waals surface area contributed by atoms with Crippen LogP contribution in [0.25, 0.3) is 0 Å². The number of ketones is 1. The molecule has 1 saturated carbocycles. The number of rotatable bonds is 4. The Bertz CT molecular complexity index is 612. The predicted molar refractivity (Wildman–Crippen MR) is 154 cm³/mol. The molecule has 4 heteroatoms. The molecule has 1 fully saturated rings. The first-order chi connectivity index (χ1) is 14.7. The van der Waals surface area contributed by atoms with Crippen molar-refractivity contribution in [2.24, 2.45) is 22.7 Å². The third-order valence-electron chi connectivity index (χ3n) is 6.56. The Morgan fingerprint density at radius 3 is 1.61 bits per heavy atom. The molecule has 2 rings (SSSR count). The van der Waals surface area contributed by atoms with Crippen molar-refractivity contribution in [1.29, 1.82) is 0 Å². The Hall–Kier alpha value is -0.616. The molecule has 0 bridgehead atoms. The Kier molecular flexibility index (Phi) is 13.2. The molecule has 33 heavy (non-hydrogen) atoms. The number of Topliss-reactive ketones (excluding diaryl/α,β-unsaturated/α-hetero) is 1. The van der Waals surface area contributed by atoms with E-state index in [4.69, 9.17) is 4.43 Å². The van der Waals surface area contributed by atoms with Gasteiger partial charge in [-0.3, -0.25) is 4.79 Å². The average Bonchev–Trinajstić information content (AvgIpc) is 2.59.